The molecule has 35 heavy (non-hydrogen) atoms. The summed E-state index contributed by atoms with van der Waals surface area (Å²) in [5.41, 5.74) is 0.743. The number of ether oxygens (including phenoxy) is 3. The predicted molar refractivity (Wildman–Crippen MR) is 132 cm³/mol. The molecule has 3 amide bonds. The number of benzene rings is 2. The van der Waals surface area contributed by atoms with Crippen molar-refractivity contribution in [3.63, 3.8) is 0 Å². The minimum atomic E-state index is -0.589. The van der Waals surface area contributed by atoms with E-state index in [4.69, 9.17) is 14.2 Å². The van der Waals surface area contributed by atoms with Crippen LogP contribution in [-0.4, -0.2) is 72.8 Å². The summed E-state index contributed by atoms with van der Waals surface area (Å²) in [6.45, 7) is 1.36. The van der Waals surface area contributed by atoms with Crippen LogP contribution in [0.4, 0.5) is 4.79 Å². The van der Waals surface area contributed by atoms with Gasteiger partial charge in [-0.3, -0.25) is 19.3 Å². The number of imide groups is 1. The molecule has 2 aliphatic heterocycles. The van der Waals surface area contributed by atoms with Crippen molar-refractivity contribution in [2.24, 2.45) is 0 Å². The maximum atomic E-state index is 12.9. The summed E-state index contributed by atoms with van der Waals surface area (Å²) >= 11 is 4.11. The van der Waals surface area contributed by atoms with Gasteiger partial charge in [-0.2, -0.15) is 0 Å². The molecular formula is C24H21BrN2O7S. The molecule has 2 aliphatic rings. The van der Waals surface area contributed by atoms with Crippen molar-refractivity contribution in [2.75, 3.05) is 40.0 Å². The highest BCUT2D eigenvalue weighted by molar-refractivity contribution is 9.10. The number of methoxy groups -OCH3 is 1. The van der Waals surface area contributed by atoms with Crippen LogP contribution in [0.2, 0.25) is 0 Å². The van der Waals surface area contributed by atoms with Crippen LogP contribution in [0.15, 0.2) is 51.8 Å². The van der Waals surface area contributed by atoms with E-state index in [2.05, 4.69) is 15.9 Å². The smallest absolute Gasteiger partial charge is 0.343 e. The fraction of sp³-hybridized carbons (Fsp3) is 0.250. The average Bonchev–Trinajstić information content (AvgIpc) is 3.13. The van der Waals surface area contributed by atoms with E-state index >= 15 is 0 Å². The molecule has 2 saturated heterocycles. The number of amides is 3. The van der Waals surface area contributed by atoms with Crippen LogP contribution in [-0.2, 0) is 14.3 Å². The van der Waals surface area contributed by atoms with Crippen LogP contribution >= 0.6 is 27.7 Å². The van der Waals surface area contributed by atoms with E-state index in [1.54, 1.807) is 47.4 Å². The summed E-state index contributed by atoms with van der Waals surface area (Å²) in [7, 11) is 1.53. The van der Waals surface area contributed by atoms with Gasteiger partial charge in [-0.25, -0.2) is 4.79 Å². The third kappa shape index (κ3) is 5.92. The molecule has 0 N–H and O–H groups in total. The van der Waals surface area contributed by atoms with Crippen molar-refractivity contribution in [3.05, 3.63) is 63.0 Å². The number of morpholine rings is 1. The second kappa shape index (κ2) is 11.1. The lowest BCUT2D eigenvalue weighted by Gasteiger charge is -2.28. The first-order chi connectivity index (χ1) is 16.9. The van der Waals surface area contributed by atoms with E-state index in [1.807, 2.05) is 0 Å². The Bertz CT molecular complexity index is 1190. The second-order valence-corrected chi connectivity index (χ2v) is 9.47. The standard InChI is InChI=1S/C24H21BrN2O7S/c1-32-18-5-2-15(3-6-18)23(30)34-19-7-4-17(25)12-16(19)13-20-22(29)27(24(31)35-20)14-21(28)26-8-10-33-11-9-26/h2-7,12-13H,8-11,14H2,1H3/b20-13-. The predicted octanol–water partition coefficient (Wildman–Crippen LogP) is 3.57. The Labute approximate surface area is 214 Å². The quantitative estimate of drug-likeness (QED) is 0.300. The van der Waals surface area contributed by atoms with E-state index in [9.17, 15) is 19.2 Å². The molecule has 2 heterocycles. The van der Waals surface area contributed by atoms with Crippen LogP contribution in [0, 0.1) is 0 Å². The highest BCUT2D eigenvalue weighted by Crippen LogP contribution is 2.35. The molecule has 0 saturated carbocycles. The van der Waals surface area contributed by atoms with Gasteiger partial charge in [-0.15, -0.1) is 0 Å². The van der Waals surface area contributed by atoms with E-state index in [-0.39, 0.29) is 23.1 Å². The number of carbonyl (C=O) groups excluding carboxylic acids is 4. The molecule has 2 fully saturated rings. The minimum absolute atomic E-state index is 0.129. The van der Waals surface area contributed by atoms with Gasteiger partial charge in [0.25, 0.3) is 11.1 Å². The van der Waals surface area contributed by atoms with Crippen LogP contribution in [0.3, 0.4) is 0 Å². The Morgan fingerprint density at radius 2 is 1.83 bits per heavy atom. The largest absolute Gasteiger partial charge is 0.497 e. The zero-order valence-electron chi connectivity index (χ0n) is 18.7. The van der Waals surface area contributed by atoms with Gasteiger partial charge in [-0.1, -0.05) is 15.9 Å². The summed E-state index contributed by atoms with van der Waals surface area (Å²) in [5, 5.41) is -0.533. The number of carbonyl (C=O) groups is 4. The maximum Gasteiger partial charge on any atom is 0.343 e. The molecule has 9 nitrogen and oxygen atoms in total. The van der Waals surface area contributed by atoms with Crippen molar-refractivity contribution in [3.8, 4) is 11.5 Å². The zero-order chi connectivity index (χ0) is 24.9. The van der Waals surface area contributed by atoms with Crippen molar-refractivity contribution in [2.45, 2.75) is 0 Å². The van der Waals surface area contributed by atoms with Gasteiger partial charge in [0.1, 0.15) is 18.0 Å². The van der Waals surface area contributed by atoms with Crippen molar-refractivity contribution < 1.29 is 33.4 Å². The molecule has 182 valence electrons. The molecule has 0 radical (unpaired) electrons. The van der Waals surface area contributed by atoms with Crippen molar-refractivity contribution in [1.29, 1.82) is 0 Å². The van der Waals surface area contributed by atoms with Gasteiger partial charge in [0.15, 0.2) is 0 Å². The number of nitrogens with zero attached hydrogens (tertiary/aromatic N) is 2. The van der Waals surface area contributed by atoms with Crippen LogP contribution in [0.25, 0.3) is 6.08 Å². The average molecular weight is 561 g/mol. The topological polar surface area (TPSA) is 102 Å². The fourth-order valence-electron chi connectivity index (χ4n) is 3.44. The van der Waals surface area contributed by atoms with Crippen molar-refractivity contribution >= 4 is 56.8 Å². The van der Waals surface area contributed by atoms with Gasteiger partial charge >= 0.3 is 5.97 Å². The molecule has 4 rings (SSSR count). The molecule has 0 atom stereocenters. The molecular weight excluding hydrogens is 540 g/mol. The molecule has 0 unspecified atom stereocenters. The van der Waals surface area contributed by atoms with Crippen LogP contribution in [0.5, 0.6) is 11.5 Å². The Kier molecular flexibility index (Phi) is 7.89. The lowest BCUT2D eigenvalue weighted by molar-refractivity contribution is -0.139. The van der Waals surface area contributed by atoms with Crippen LogP contribution < -0.4 is 9.47 Å². The summed E-state index contributed by atoms with van der Waals surface area (Å²) in [4.78, 5) is 53.2. The molecule has 2 aromatic carbocycles. The van der Waals surface area contributed by atoms with Gasteiger partial charge in [0.2, 0.25) is 5.91 Å². The Morgan fingerprint density at radius 3 is 2.51 bits per heavy atom. The maximum absolute atomic E-state index is 12.9. The van der Waals surface area contributed by atoms with Crippen molar-refractivity contribution in [1.82, 2.24) is 9.80 Å². The summed E-state index contributed by atoms with van der Waals surface area (Å²) < 4.78 is 16.6. The molecule has 0 aromatic heterocycles. The molecule has 2 aromatic rings. The van der Waals surface area contributed by atoms with E-state index < -0.39 is 17.1 Å². The molecule has 11 heteroatoms. The van der Waals surface area contributed by atoms with Gasteiger partial charge in [0.05, 0.1) is 30.8 Å². The van der Waals surface area contributed by atoms with Crippen LogP contribution in [0.1, 0.15) is 15.9 Å². The second-order valence-electron chi connectivity index (χ2n) is 7.56. The first-order valence-electron chi connectivity index (χ1n) is 10.6. The number of halogens is 1. The fourth-order valence-corrected chi connectivity index (χ4v) is 4.64. The number of hydrogen-bond acceptors (Lipinski definition) is 8. The number of esters is 1. The summed E-state index contributed by atoms with van der Waals surface area (Å²) in [6.07, 6.45) is 1.48. The number of rotatable bonds is 6. The Hall–Kier alpha value is -3.15. The summed E-state index contributed by atoms with van der Waals surface area (Å²) in [5.74, 6) is -0.657. The first kappa shape index (κ1) is 25.0. The molecule has 0 bridgehead atoms. The minimum Gasteiger partial charge on any atom is -0.497 e. The first-order valence-corrected chi connectivity index (χ1v) is 12.2. The lowest BCUT2D eigenvalue weighted by atomic mass is 10.1. The number of thioether (sulfide) groups is 1. The third-order valence-corrected chi connectivity index (χ3v) is 6.72. The van der Waals surface area contributed by atoms with E-state index in [1.165, 1.54) is 13.2 Å². The van der Waals surface area contributed by atoms with E-state index in [0.29, 0.717) is 47.7 Å². The monoisotopic (exact) mass is 560 g/mol. The Morgan fingerprint density at radius 1 is 1.11 bits per heavy atom. The van der Waals surface area contributed by atoms with Gasteiger partial charge in [-0.05, 0) is 60.3 Å². The highest BCUT2D eigenvalue weighted by Gasteiger charge is 2.37. The highest BCUT2D eigenvalue weighted by atomic mass is 79.9. The number of hydrogen-bond donors (Lipinski definition) is 0. The Balaban J connectivity index is 1.52. The zero-order valence-corrected chi connectivity index (χ0v) is 21.1. The molecule has 0 spiro atoms. The van der Waals surface area contributed by atoms with Gasteiger partial charge in [0, 0.05) is 23.1 Å². The van der Waals surface area contributed by atoms with Gasteiger partial charge < -0.3 is 19.1 Å². The normalized spacial score (nSPS) is 17.1. The molecule has 0 aliphatic carbocycles. The third-order valence-electron chi connectivity index (χ3n) is 5.32. The summed E-state index contributed by atoms with van der Waals surface area (Å²) in [6, 6.07) is 11.4. The lowest BCUT2D eigenvalue weighted by Crippen LogP contribution is -2.46. The van der Waals surface area contributed by atoms with E-state index in [0.717, 1.165) is 16.7 Å². The SMILES string of the molecule is COc1ccc(C(=O)Oc2ccc(Br)cc2/C=C2\SC(=O)N(CC(=O)N3CCOCC3)C2=O)cc1.